The van der Waals surface area contributed by atoms with Crippen molar-refractivity contribution >= 4 is 22.8 Å². The molecule has 0 fully saturated rings. The molecule has 0 atom stereocenters. The highest BCUT2D eigenvalue weighted by atomic mass is 32.2. The van der Waals surface area contributed by atoms with Crippen LogP contribution in [-0.2, 0) is 20.5 Å². The van der Waals surface area contributed by atoms with E-state index < -0.39 is 0 Å². The van der Waals surface area contributed by atoms with E-state index in [9.17, 15) is 9.59 Å². The number of nitrogens with one attached hydrogen (secondary N) is 1. The lowest BCUT2D eigenvalue weighted by molar-refractivity contribution is -0.893. The van der Waals surface area contributed by atoms with Crippen LogP contribution in [0.15, 0.2) is 14.6 Å². The van der Waals surface area contributed by atoms with Gasteiger partial charge in [0.1, 0.15) is 16.2 Å². The SMILES string of the molecule is CCCCc1nc(SCC[NH+](CC)CC)c2c(=O)n(C)c(=O)n(C)c2n1. The van der Waals surface area contributed by atoms with E-state index in [4.69, 9.17) is 0 Å². The van der Waals surface area contributed by atoms with Gasteiger partial charge >= 0.3 is 5.69 Å². The van der Waals surface area contributed by atoms with Crippen LogP contribution in [0.4, 0.5) is 0 Å². The van der Waals surface area contributed by atoms with Crippen molar-refractivity contribution < 1.29 is 4.90 Å². The normalized spacial score (nSPS) is 11.6. The predicted molar refractivity (Wildman–Crippen MR) is 106 cm³/mol. The fraction of sp³-hybridized carbons (Fsp3) is 0.667. The first kappa shape index (κ1) is 20.6. The molecule has 0 aliphatic rings. The number of quaternary nitrogens is 1. The standard InChI is InChI=1S/C18H29N5O2S/c1-6-9-10-13-19-15-14(17(24)22(5)18(25)21(15)4)16(20-13)26-12-11-23(7-2)8-3/h6-12H2,1-5H3/p+1. The van der Waals surface area contributed by atoms with Gasteiger partial charge in [0.15, 0.2) is 5.65 Å². The molecule has 0 aliphatic carbocycles. The Labute approximate surface area is 158 Å². The van der Waals surface area contributed by atoms with Gasteiger partial charge in [0.2, 0.25) is 0 Å². The number of aryl methyl sites for hydroxylation is 2. The second-order valence-electron chi connectivity index (χ2n) is 6.51. The van der Waals surface area contributed by atoms with Crippen molar-refractivity contribution in [3.05, 3.63) is 26.7 Å². The summed E-state index contributed by atoms with van der Waals surface area (Å²) in [6.45, 7) is 9.66. The van der Waals surface area contributed by atoms with Gasteiger partial charge in [-0.3, -0.25) is 13.9 Å². The van der Waals surface area contributed by atoms with E-state index in [1.54, 1.807) is 18.8 Å². The molecule has 2 aromatic heterocycles. The maximum atomic E-state index is 12.7. The fourth-order valence-electron chi connectivity index (χ4n) is 2.92. The first-order chi connectivity index (χ1) is 12.4. The monoisotopic (exact) mass is 380 g/mol. The molecule has 0 unspecified atom stereocenters. The van der Waals surface area contributed by atoms with E-state index in [-0.39, 0.29) is 11.2 Å². The van der Waals surface area contributed by atoms with E-state index in [2.05, 4.69) is 30.7 Å². The number of fused-ring (bicyclic) bond motifs is 1. The summed E-state index contributed by atoms with van der Waals surface area (Å²) in [5.41, 5.74) is -0.231. The molecule has 0 bridgehead atoms. The molecular weight excluding hydrogens is 350 g/mol. The van der Waals surface area contributed by atoms with E-state index in [0.29, 0.717) is 21.9 Å². The van der Waals surface area contributed by atoms with Crippen molar-refractivity contribution in [1.29, 1.82) is 0 Å². The Kier molecular flexibility index (Phi) is 7.40. The number of rotatable bonds is 9. The Morgan fingerprint density at radius 3 is 2.35 bits per heavy atom. The van der Waals surface area contributed by atoms with Crippen molar-refractivity contribution in [3.8, 4) is 0 Å². The number of nitrogens with zero attached hydrogens (tertiary/aromatic N) is 4. The zero-order chi connectivity index (χ0) is 19.3. The van der Waals surface area contributed by atoms with E-state index in [1.807, 2.05) is 0 Å². The topological polar surface area (TPSA) is 74.2 Å². The predicted octanol–water partition coefficient (Wildman–Crippen LogP) is 0.387. The van der Waals surface area contributed by atoms with Crippen LogP contribution in [0.3, 0.4) is 0 Å². The van der Waals surface area contributed by atoms with Crippen molar-refractivity contribution in [2.75, 3.05) is 25.4 Å². The molecule has 0 amide bonds. The Morgan fingerprint density at radius 1 is 1.04 bits per heavy atom. The van der Waals surface area contributed by atoms with Gasteiger partial charge in [-0.05, 0) is 20.3 Å². The summed E-state index contributed by atoms with van der Waals surface area (Å²) >= 11 is 1.59. The maximum absolute atomic E-state index is 12.7. The second-order valence-corrected chi connectivity index (χ2v) is 7.59. The fourth-order valence-corrected chi connectivity index (χ4v) is 4.00. The molecule has 26 heavy (non-hydrogen) atoms. The van der Waals surface area contributed by atoms with Gasteiger partial charge in [-0.1, -0.05) is 25.1 Å². The Morgan fingerprint density at radius 2 is 1.73 bits per heavy atom. The van der Waals surface area contributed by atoms with Crippen molar-refractivity contribution in [1.82, 2.24) is 19.1 Å². The number of hydrogen-bond acceptors (Lipinski definition) is 5. The lowest BCUT2D eigenvalue weighted by Gasteiger charge is -2.15. The van der Waals surface area contributed by atoms with Crippen LogP contribution in [0.2, 0.25) is 0 Å². The summed E-state index contributed by atoms with van der Waals surface area (Å²) in [7, 11) is 3.17. The molecule has 7 nitrogen and oxygen atoms in total. The largest absolute Gasteiger partial charge is 0.335 e. The molecule has 0 spiro atoms. The van der Waals surface area contributed by atoms with Crippen molar-refractivity contribution in [2.24, 2.45) is 14.1 Å². The minimum Gasteiger partial charge on any atom is -0.335 e. The van der Waals surface area contributed by atoms with Crippen LogP contribution in [0, 0.1) is 0 Å². The Balaban J connectivity index is 2.51. The third-order valence-electron chi connectivity index (χ3n) is 4.76. The average molecular weight is 381 g/mol. The lowest BCUT2D eigenvalue weighted by atomic mass is 10.2. The first-order valence-electron chi connectivity index (χ1n) is 9.37. The smallest absolute Gasteiger partial charge is 0.332 e. The molecule has 0 aliphatic heterocycles. The Hall–Kier alpha value is -1.67. The number of thioether (sulfide) groups is 1. The highest BCUT2D eigenvalue weighted by molar-refractivity contribution is 7.99. The van der Waals surface area contributed by atoms with Gasteiger partial charge in [0.25, 0.3) is 5.56 Å². The highest BCUT2D eigenvalue weighted by Gasteiger charge is 2.17. The van der Waals surface area contributed by atoms with Gasteiger partial charge in [0, 0.05) is 26.3 Å². The summed E-state index contributed by atoms with van der Waals surface area (Å²) in [6, 6.07) is 0. The quantitative estimate of drug-likeness (QED) is 0.503. The second kappa shape index (κ2) is 9.32. The van der Waals surface area contributed by atoms with Gasteiger partial charge in [-0.25, -0.2) is 14.8 Å². The molecule has 0 aromatic carbocycles. The molecular formula is C18H30N5O2S+. The minimum atomic E-state index is -0.355. The molecule has 2 aromatic rings. The third-order valence-corrected chi connectivity index (χ3v) is 5.74. The number of hydrogen-bond donors (Lipinski definition) is 1. The summed E-state index contributed by atoms with van der Waals surface area (Å²) in [5.74, 6) is 1.59. The molecule has 2 rings (SSSR count). The van der Waals surface area contributed by atoms with Gasteiger partial charge < -0.3 is 4.90 Å². The lowest BCUT2D eigenvalue weighted by Crippen LogP contribution is -3.11. The minimum absolute atomic E-state index is 0.317. The third kappa shape index (κ3) is 4.35. The summed E-state index contributed by atoms with van der Waals surface area (Å²) in [6.07, 6.45) is 2.79. The van der Waals surface area contributed by atoms with E-state index in [1.165, 1.54) is 16.5 Å². The highest BCUT2D eigenvalue weighted by Crippen LogP contribution is 2.22. The van der Waals surface area contributed by atoms with E-state index in [0.717, 1.165) is 49.2 Å². The Bertz CT molecular complexity index is 870. The molecule has 1 N–H and O–H groups in total. The summed E-state index contributed by atoms with van der Waals surface area (Å²) in [4.78, 5) is 35.7. The van der Waals surface area contributed by atoms with Crippen LogP contribution in [-0.4, -0.2) is 44.5 Å². The van der Waals surface area contributed by atoms with Crippen molar-refractivity contribution in [3.63, 3.8) is 0 Å². The summed E-state index contributed by atoms with van der Waals surface area (Å²) < 4.78 is 2.59. The summed E-state index contributed by atoms with van der Waals surface area (Å²) in [5, 5.41) is 1.15. The number of unbranched alkanes of at least 4 members (excludes halogenated alkanes) is 1. The first-order valence-corrected chi connectivity index (χ1v) is 10.4. The molecule has 0 saturated carbocycles. The molecule has 144 valence electrons. The number of aromatic nitrogens is 4. The van der Waals surface area contributed by atoms with Crippen LogP contribution in [0.25, 0.3) is 11.0 Å². The van der Waals surface area contributed by atoms with Crippen LogP contribution in [0.1, 0.15) is 39.4 Å². The van der Waals surface area contributed by atoms with Crippen LogP contribution in [0.5, 0.6) is 0 Å². The van der Waals surface area contributed by atoms with Gasteiger partial charge in [0.05, 0.1) is 19.6 Å². The van der Waals surface area contributed by atoms with Gasteiger partial charge in [-0.15, -0.1) is 0 Å². The van der Waals surface area contributed by atoms with Gasteiger partial charge in [-0.2, -0.15) is 0 Å². The van der Waals surface area contributed by atoms with Crippen LogP contribution >= 0.6 is 11.8 Å². The molecule has 0 radical (unpaired) electrons. The zero-order valence-electron chi connectivity index (χ0n) is 16.5. The van der Waals surface area contributed by atoms with E-state index >= 15 is 0 Å². The van der Waals surface area contributed by atoms with Crippen molar-refractivity contribution in [2.45, 2.75) is 45.1 Å². The molecule has 0 saturated heterocycles. The maximum Gasteiger partial charge on any atom is 0.332 e. The molecule has 2 heterocycles. The average Bonchev–Trinajstić information content (AvgIpc) is 2.65. The van der Waals surface area contributed by atoms with Crippen LogP contribution < -0.4 is 16.1 Å². The molecule has 8 heteroatoms. The zero-order valence-corrected chi connectivity index (χ0v) is 17.3.